The third-order valence-electron chi connectivity index (χ3n) is 4.84. The first-order chi connectivity index (χ1) is 13.5. The lowest BCUT2D eigenvalue weighted by molar-refractivity contribution is -0.117. The molecule has 1 heterocycles. The molecule has 0 radical (unpaired) electrons. The molecule has 28 heavy (non-hydrogen) atoms. The Kier molecular flexibility index (Phi) is 6.55. The second-order valence-electron chi connectivity index (χ2n) is 6.94. The predicted molar refractivity (Wildman–Crippen MR) is 108 cm³/mol. The van der Waals surface area contributed by atoms with E-state index in [0.29, 0.717) is 36.4 Å². The molecule has 0 unspecified atom stereocenters. The van der Waals surface area contributed by atoms with Gasteiger partial charge in [-0.25, -0.2) is 0 Å². The smallest absolute Gasteiger partial charge is 0.253 e. The maximum atomic E-state index is 12.6. The fourth-order valence-corrected chi connectivity index (χ4v) is 3.39. The summed E-state index contributed by atoms with van der Waals surface area (Å²) in [6, 6.07) is 16.3. The molecule has 0 spiro atoms. The number of nitrogens with one attached hydrogen (secondary N) is 1. The first-order valence-electron chi connectivity index (χ1n) is 9.51. The first kappa shape index (κ1) is 19.8. The molecule has 1 fully saturated rings. The van der Waals surface area contributed by atoms with E-state index >= 15 is 0 Å². The van der Waals surface area contributed by atoms with Gasteiger partial charge in [0.15, 0.2) is 5.78 Å². The van der Waals surface area contributed by atoms with E-state index in [-0.39, 0.29) is 24.1 Å². The molecular weight excluding hydrogens is 354 g/mol. The molecule has 146 valence electrons. The summed E-state index contributed by atoms with van der Waals surface area (Å²) < 4.78 is 0. The zero-order valence-electron chi connectivity index (χ0n) is 16.1. The van der Waals surface area contributed by atoms with E-state index in [9.17, 15) is 14.4 Å². The number of hydrogen-bond donors (Lipinski definition) is 1. The number of amides is 2. The second-order valence-corrected chi connectivity index (χ2v) is 6.94. The van der Waals surface area contributed by atoms with Crippen LogP contribution in [0, 0.1) is 0 Å². The van der Waals surface area contributed by atoms with Crippen LogP contribution in [0.2, 0.25) is 0 Å². The fourth-order valence-electron chi connectivity index (χ4n) is 3.39. The molecule has 2 aromatic carbocycles. The van der Waals surface area contributed by atoms with Gasteiger partial charge < -0.3 is 10.2 Å². The number of benzene rings is 2. The Morgan fingerprint density at radius 3 is 2.36 bits per heavy atom. The van der Waals surface area contributed by atoms with Crippen LogP contribution in [0.3, 0.4) is 0 Å². The van der Waals surface area contributed by atoms with Gasteiger partial charge in [-0.15, -0.1) is 0 Å². The summed E-state index contributed by atoms with van der Waals surface area (Å²) in [5.41, 5.74) is 1.73. The molecule has 0 atom stereocenters. The van der Waals surface area contributed by atoms with Crippen molar-refractivity contribution in [3.63, 3.8) is 0 Å². The maximum Gasteiger partial charge on any atom is 0.253 e. The molecule has 2 aromatic rings. The van der Waals surface area contributed by atoms with Crippen LogP contribution in [0.4, 0.5) is 5.69 Å². The molecule has 2 amide bonds. The van der Waals surface area contributed by atoms with E-state index in [1.54, 1.807) is 24.3 Å². The number of rotatable bonds is 5. The van der Waals surface area contributed by atoms with Crippen molar-refractivity contribution in [1.82, 2.24) is 9.80 Å². The number of carbonyl (C=O) groups is 3. The zero-order chi connectivity index (χ0) is 19.9. The Morgan fingerprint density at radius 2 is 1.61 bits per heavy atom. The Balaban J connectivity index is 1.56. The lowest BCUT2D eigenvalue weighted by atomic mass is 10.1. The van der Waals surface area contributed by atoms with E-state index in [1.807, 2.05) is 40.1 Å². The van der Waals surface area contributed by atoms with Gasteiger partial charge in [-0.3, -0.25) is 19.3 Å². The first-order valence-corrected chi connectivity index (χ1v) is 9.51. The van der Waals surface area contributed by atoms with Crippen molar-refractivity contribution in [1.29, 1.82) is 0 Å². The monoisotopic (exact) mass is 379 g/mol. The average molecular weight is 379 g/mol. The van der Waals surface area contributed by atoms with Crippen molar-refractivity contribution in [3.05, 3.63) is 65.7 Å². The molecule has 1 N–H and O–H groups in total. The minimum Gasteiger partial charge on any atom is -0.337 e. The van der Waals surface area contributed by atoms with Crippen molar-refractivity contribution in [2.75, 3.05) is 38.0 Å². The molecule has 6 heteroatoms. The van der Waals surface area contributed by atoms with Gasteiger partial charge in [-0.2, -0.15) is 0 Å². The van der Waals surface area contributed by atoms with Crippen LogP contribution in [0.25, 0.3) is 0 Å². The summed E-state index contributed by atoms with van der Waals surface area (Å²) in [4.78, 5) is 40.7. The van der Waals surface area contributed by atoms with Crippen LogP contribution in [0.1, 0.15) is 34.1 Å². The molecule has 1 saturated heterocycles. The van der Waals surface area contributed by atoms with E-state index < -0.39 is 0 Å². The van der Waals surface area contributed by atoms with Gasteiger partial charge in [0, 0.05) is 37.3 Å². The van der Waals surface area contributed by atoms with Crippen LogP contribution in [0.15, 0.2) is 54.6 Å². The zero-order valence-corrected chi connectivity index (χ0v) is 16.1. The molecule has 3 rings (SSSR count). The Hall–Kier alpha value is -2.99. The van der Waals surface area contributed by atoms with Crippen LogP contribution >= 0.6 is 0 Å². The highest BCUT2D eigenvalue weighted by Crippen LogP contribution is 2.16. The minimum absolute atomic E-state index is 0.0299. The van der Waals surface area contributed by atoms with Gasteiger partial charge in [0.05, 0.1) is 12.2 Å². The molecule has 0 aliphatic carbocycles. The van der Waals surface area contributed by atoms with Gasteiger partial charge in [-0.1, -0.05) is 30.3 Å². The van der Waals surface area contributed by atoms with Crippen molar-refractivity contribution in [3.8, 4) is 0 Å². The molecule has 1 aliphatic heterocycles. The topological polar surface area (TPSA) is 69.7 Å². The third kappa shape index (κ3) is 5.04. The van der Waals surface area contributed by atoms with Crippen molar-refractivity contribution >= 4 is 23.3 Å². The summed E-state index contributed by atoms with van der Waals surface area (Å²) >= 11 is 0. The summed E-state index contributed by atoms with van der Waals surface area (Å²) in [6.07, 6.45) is 0.815. The highest BCUT2D eigenvalue weighted by molar-refractivity contribution is 6.04. The summed E-state index contributed by atoms with van der Waals surface area (Å²) in [6.45, 7) is 4.38. The number of Topliss-reactive ketones (excluding diaryl/α,β-unsaturated/α-hetero) is 1. The highest BCUT2D eigenvalue weighted by atomic mass is 16.2. The van der Waals surface area contributed by atoms with Crippen LogP contribution in [-0.2, 0) is 4.79 Å². The third-order valence-corrected chi connectivity index (χ3v) is 4.84. The number of ketones is 1. The number of para-hydroxylation sites is 1. The molecule has 1 aliphatic rings. The summed E-state index contributed by atoms with van der Waals surface area (Å²) in [5.74, 6) is -0.209. The summed E-state index contributed by atoms with van der Waals surface area (Å²) in [7, 11) is 0. The van der Waals surface area contributed by atoms with E-state index in [0.717, 1.165) is 13.0 Å². The van der Waals surface area contributed by atoms with Crippen LogP contribution < -0.4 is 5.32 Å². The summed E-state index contributed by atoms with van der Waals surface area (Å²) in [5, 5.41) is 2.84. The molecule has 0 saturated carbocycles. The largest absolute Gasteiger partial charge is 0.337 e. The van der Waals surface area contributed by atoms with Crippen LogP contribution in [-0.4, -0.2) is 60.1 Å². The Morgan fingerprint density at radius 1 is 0.893 bits per heavy atom. The maximum absolute atomic E-state index is 12.6. The second kappa shape index (κ2) is 9.28. The van der Waals surface area contributed by atoms with E-state index in [1.165, 1.54) is 6.92 Å². The Labute approximate surface area is 165 Å². The number of anilines is 1. The van der Waals surface area contributed by atoms with E-state index in [4.69, 9.17) is 0 Å². The van der Waals surface area contributed by atoms with Crippen molar-refractivity contribution in [2.45, 2.75) is 13.3 Å². The van der Waals surface area contributed by atoms with Gasteiger partial charge >= 0.3 is 0 Å². The SMILES string of the molecule is CC(=O)c1ccccc1NC(=O)CN1CCCN(C(=O)c2ccccc2)CC1. The Bertz CT molecular complexity index is 851. The van der Waals surface area contributed by atoms with Crippen LogP contribution in [0.5, 0.6) is 0 Å². The van der Waals surface area contributed by atoms with Gasteiger partial charge in [0.25, 0.3) is 5.91 Å². The molecular formula is C22H25N3O3. The molecule has 6 nitrogen and oxygen atoms in total. The molecule has 0 aromatic heterocycles. The van der Waals surface area contributed by atoms with E-state index in [2.05, 4.69) is 5.32 Å². The number of carbonyl (C=O) groups excluding carboxylic acids is 3. The van der Waals surface area contributed by atoms with Gasteiger partial charge in [-0.05, 0) is 37.6 Å². The van der Waals surface area contributed by atoms with Gasteiger partial charge in [0.1, 0.15) is 0 Å². The quantitative estimate of drug-likeness (QED) is 0.811. The normalized spacial score (nSPS) is 15.0. The standard InChI is InChI=1S/C22H25N3O3/c1-17(26)19-10-5-6-11-20(19)23-21(27)16-24-12-7-13-25(15-14-24)22(28)18-8-3-2-4-9-18/h2-6,8-11H,7,12-16H2,1H3,(H,23,27). The average Bonchev–Trinajstić information content (AvgIpc) is 2.94. The predicted octanol–water partition coefficient (Wildman–Crippen LogP) is 2.68. The lowest BCUT2D eigenvalue weighted by Crippen LogP contribution is -2.38. The molecule has 0 bridgehead atoms. The fraction of sp³-hybridized carbons (Fsp3) is 0.318. The van der Waals surface area contributed by atoms with Gasteiger partial charge in [0.2, 0.25) is 5.91 Å². The van der Waals surface area contributed by atoms with Crippen molar-refractivity contribution in [2.24, 2.45) is 0 Å². The van der Waals surface area contributed by atoms with Crippen molar-refractivity contribution < 1.29 is 14.4 Å². The highest BCUT2D eigenvalue weighted by Gasteiger charge is 2.21. The lowest BCUT2D eigenvalue weighted by Gasteiger charge is -2.22. The minimum atomic E-state index is -0.156. The number of hydrogen-bond acceptors (Lipinski definition) is 4. The number of nitrogens with zero attached hydrogens (tertiary/aromatic N) is 2.